The third-order valence-corrected chi connectivity index (χ3v) is 2.96. The maximum absolute atomic E-state index is 13.4. The van der Waals surface area contributed by atoms with Crippen LogP contribution in [0.1, 0.15) is 27.7 Å². The maximum atomic E-state index is 13.4. The Morgan fingerprint density at radius 3 is 1.67 bits per heavy atom. The van der Waals surface area contributed by atoms with Gasteiger partial charge in [-0.1, -0.05) is 0 Å². The first-order valence-electron chi connectivity index (χ1n) is 5.18. The smallest absolute Gasteiger partial charge is 0.253 e. The molecule has 18 heavy (non-hydrogen) atoms. The molecule has 0 fully saturated rings. The normalized spacial score (nSPS) is 12.7. The highest BCUT2D eigenvalue weighted by molar-refractivity contribution is 5.48. The van der Waals surface area contributed by atoms with Crippen molar-refractivity contribution in [2.45, 2.75) is 38.8 Å². The maximum Gasteiger partial charge on any atom is 0.253 e. The lowest BCUT2D eigenvalue weighted by atomic mass is 9.86. The molecule has 0 aliphatic carbocycles. The molecule has 0 spiro atoms. The number of hydrogen-bond acceptors (Lipinski definition) is 3. The number of aromatic nitrogens is 1. The fourth-order valence-electron chi connectivity index (χ4n) is 1.06. The first kappa shape index (κ1) is 14.7. The number of aliphatic hydroxyl groups is 1. The number of hydrogen-bond donors (Lipinski definition) is 2. The van der Waals surface area contributed by atoms with Crippen molar-refractivity contribution >= 4 is 5.69 Å². The quantitative estimate of drug-likeness (QED) is 0.653. The number of pyridine rings is 1. The molecule has 7 heteroatoms. The Morgan fingerprint density at radius 1 is 0.944 bits per heavy atom. The summed E-state index contributed by atoms with van der Waals surface area (Å²) in [5, 5.41) is 12.1. The third-order valence-electron chi connectivity index (χ3n) is 2.96. The Balaban J connectivity index is 3.28. The van der Waals surface area contributed by atoms with E-state index in [1.54, 1.807) is 0 Å². The van der Waals surface area contributed by atoms with E-state index in [0.717, 1.165) is 0 Å². The lowest BCUT2D eigenvalue weighted by molar-refractivity contribution is 0.0237. The average Bonchev–Trinajstić information content (AvgIpc) is 2.20. The van der Waals surface area contributed by atoms with Crippen LogP contribution in [0.15, 0.2) is 0 Å². The molecule has 0 saturated carbocycles. The van der Waals surface area contributed by atoms with E-state index in [-0.39, 0.29) is 0 Å². The molecule has 0 aliphatic rings. The molecule has 1 heterocycles. The molecule has 102 valence electrons. The van der Waals surface area contributed by atoms with Gasteiger partial charge in [-0.15, -0.1) is 0 Å². The van der Waals surface area contributed by atoms with Crippen LogP contribution in [0.3, 0.4) is 0 Å². The van der Waals surface area contributed by atoms with Gasteiger partial charge in [-0.2, -0.15) is 22.5 Å². The SMILES string of the molecule is CC(C)(O)C(C)(C)Nc1c(F)c(F)nc(F)c1F. The molecular formula is C11H14F4N2O. The van der Waals surface area contributed by atoms with Crippen LogP contribution >= 0.6 is 0 Å². The number of rotatable bonds is 3. The average molecular weight is 266 g/mol. The Morgan fingerprint density at radius 2 is 1.33 bits per heavy atom. The molecular weight excluding hydrogens is 252 g/mol. The van der Waals surface area contributed by atoms with E-state index in [4.69, 9.17) is 0 Å². The van der Waals surface area contributed by atoms with E-state index in [1.165, 1.54) is 27.7 Å². The Labute approximate surface area is 102 Å². The van der Waals surface area contributed by atoms with E-state index in [2.05, 4.69) is 10.3 Å². The van der Waals surface area contributed by atoms with Crippen molar-refractivity contribution in [1.82, 2.24) is 4.98 Å². The summed E-state index contributed by atoms with van der Waals surface area (Å²) < 4.78 is 52.5. The molecule has 0 atom stereocenters. The Kier molecular flexibility index (Phi) is 3.58. The van der Waals surface area contributed by atoms with Crippen LogP contribution in [0.25, 0.3) is 0 Å². The van der Waals surface area contributed by atoms with Crippen LogP contribution in [-0.2, 0) is 0 Å². The van der Waals surface area contributed by atoms with Gasteiger partial charge in [0.25, 0.3) is 11.9 Å². The van der Waals surface area contributed by atoms with Crippen LogP contribution in [0, 0.1) is 23.5 Å². The summed E-state index contributed by atoms with van der Waals surface area (Å²) in [7, 11) is 0. The molecule has 0 aliphatic heterocycles. The van der Waals surface area contributed by atoms with Crippen LogP contribution < -0.4 is 5.32 Å². The highest BCUT2D eigenvalue weighted by Gasteiger charge is 2.37. The predicted octanol–water partition coefficient (Wildman–Crippen LogP) is 2.60. The van der Waals surface area contributed by atoms with Gasteiger partial charge in [0.1, 0.15) is 5.69 Å². The number of nitrogens with zero attached hydrogens (tertiary/aromatic N) is 1. The summed E-state index contributed by atoms with van der Waals surface area (Å²) in [6.07, 6.45) is 0. The molecule has 1 aromatic heterocycles. The second-order valence-electron chi connectivity index (χ2n) is 5.01. The summed E-state index contributed by atoms with van der Waals surface area (Å²) in [6.45, 7) is 5.65. The number of nitrogens with one attached hydrogen (secondary N) is 1. The van der Waals surface area contributed by atoms with Gasteiger partial charge in [0.15, 0.2) is 0 Å². The standard InChI is InChI=1S/C11H14F4N2O/c1-10(2,11(3,4)18)17-7-5(12)8(14)16-9(15)6(7)13/h18H,1-4H3,(H,16,17). The minimum absolute atomic E-state index is 0.993. The zero-order valence-electron chi connectivity index (χ0n) is 10.4. The van der Waals surface area contributed by atoms with E-state index in [9.17, 15) is 22.7 Å². The summed E-state index contributed by atoms with van der Waals surface area (Å²) >= 11 is 0. The van der Waals surface area contributed by atoms with Gasteiger partial charge >= 0.3 is 0 Å². The van der Waals surface area contributed by atoms with Gasteiger partial charge in [0, 0.05) is 0 Å². The zero-order chi connectivity index (χ0) is 14.3. The number of anilines is 1. The van der Waals surface area contributed by atoms with Gasteiger partial charge in [-0.05, 0) is 27.7 Å². The van der Waals surface area contributed by atoms with Crippen molar-refractivity contribution in [3.63, 3.8) is 0 Å². The summed E-state index contributed by atoms with van der Waals surface area (Å²) in [5.41, 5.74) is -3.61. The van der Waals surface area contributed by atoms with Crippen LogP contribution in [0.5, 0.6) is 0 Å². The molecule has 1 aromatic rings. The lowest BCUT2D eigenvalue weighted by Crippen LogP contribution is -2.51. The van der Waals surface area contributed by atoms with Crippen molar-refractivity contribution in [3.05, 3.63) is 23.5 Å². The molecule has 0 radical (unpaired) electrons. The second-order valence-corrected chi connectivity index (χ2v) is 5.01. The first-order chi connectivity index (χ1) is 7.97. The fraction of sp³-hybridized carbons (Fsp3) is 0.545. The van der Waals surface area contributed by atoms with Gasteiger partial charge in [0.05, 0.1) is 11.1 Å². The largest absolute Gasteiger partial charge is 0.388 e. The highest BCUT2D eigenvalue weighted by Crippen LogP contribution is 2.30. The zero-order valence-corrected chi connectivity index (χ0v) is 10.4. The topological polar surface area (TPSA) is 45.1 Å². The van der Waals surface area contributed by atoms with Crippen molar-refractivity contribution in [1.29, 1.82) is 0 Å². The molecule has 1 rings (SSSR count). The van der Waals surface area contributed by atoms with Crippen LogP contribution in [0.4, 0.5) is 23.2 Å². The van der Waals surface area contributed by atoms with Crippen molar-refractivity contribution in [2.75, 3.05) is 5.32 Å². The number of halogens is 4. The second kappa shape index (κ2) is 4.38. The van der Waals surface area contributed by atoms with Gasteiger partial charge in [-0.3, -0.25) is 0 Å². The predicted molar refractivity (Wildman–Crippen MR) is 58.1 cm³/mol. The van der Waals surface area contributed by atoms with Crippen molar-refractivity contribution < 1.29 is 22.7 Å². The Bertz CT molecular complexity index is 443. The van der Waals surface area contributed by atoms with Gasteiger partial charge in [0.2, 0.25) is 11.6 Å². The van der Waals surface area contributed by atoms with Crippen LogP contribution in [0.2, 0.25) is 0 Å². The van der Waals surface area contributed by atoms with Gasteiger partial charge < -0.3 is 10.4 Å². The van der Waals surface area contributed by atoms with Crippen LogP contribution in [-0.4, -0.2) is 21.2 Å². The fourth-order valence-corrected chi connectivity index (χ4v) is 1.06. The molecule has 2 N–H and O–H groups in total. The summed E-state index contributed by atoms with van der Waals surface area (Å²) in [6, 6.07) is 0. The lowest BCUT2D eigenvalue weighted by Gasteiger charge is -2.38. The minimum Gasteiger partial charge on any atom is -0.388 e. The summed E-state index contributed by atoms with van der Waals surface area (Å²) in [5.74, 6) is -6.76. The Hall–Kier alpha value is -1.37. The summed E-state index contributed by atoms with van der Waals surface area (Å²) in [4.78, 5) is 2.44. The minimum atomic E-state index is -1.75. The first-order valence-corrected chi connectivity index (χ1v) is 5.18. The van der Waals surface area contributed by atoms with E-state index in [0.29, 0.717) is 0 Å². The van der Waals surface area contributed by atoms with Gasteiger partial charge in [-0.25, -0.2) is 0 Å². The molecule has 0 bridgehead atoms. The molecule has 0 aromatic carbocycles. The molecule has 0 saturated heterocycles. The monoisotopic (exact) mass is 266 g/mol. The van der Waals surface area contributed by atoms with E-state index in [1.807, 2.05) is 0 Å². The molecule has 3 nitrogen and oxygen atoms in total. The van der Waals surface area contributed by atoms with Crippen molar-refractivity contribution in [3.8, 4) is 0 Å². The van der Waals surface area contributed by atoms with E-state index >= 15 is 0 Å². The van der Waals surface area contributed by atoms with E-state index < -0.39 is 40.4 Å². The highest BCUT2D eigenvalue weighted by atomic mass is 19.2. The van der Waals surface area contributed by atoms with Crippen molar-refractivity contribution in [2.24, 2.45) is 0 Å². The third kappa shape index (κ3) is 2.55. The molecule has 0 amide bonds. The molecule has 0 unspecified atom stereocenters.